The number of hydrogen-bond donors (Lipinski definition) is 0. The van der Waals surface area contributed by atoms with E-state index in [1.165, 1.54) is 43.3 Å². The Bertz CT molecular complexity index is 387. The summed E-state index contributed by atoms with van der Waals surface area (Å²) in [5, 5.41) is 0.455. The zero-order chi connectivity index (χ0) is 13.0. The number of carbonyl (C=O) groups excluding carboxylic acids is 1. The summed E-state index contributed by atoms with van der Waals surface area (Å²) in [4.78, 5) is 14.0. The predicted octanol–water partition coefficient (Wildman–Crippen LogP) is 3.49. The van der Waals surface area contributed by atoms with Gasteiger partial charge in [0.2, 0.25) is 0 Å². The van der Waals surface area contributed by atoms with Crippen LogP contribution in [0.4, 0.5) is 0 Å². The Morgan fingerprint density at radius 3 is 2.39 bits per heavy atom. The Labute approximate surface area is 114 Å². The molecule has 2 atom stereocenters. The molecule has 1 saturated heterocycles. The molecule has 2 unspecified atom stereocenters. The third-order valence-corrected chi connectivity index (χ3v) is 4.83. The van der Waals surface area contributed by atoms with Crippen LogP contribution in [0.15, 0.2) is 30.3 Å². The summed E-state index contributed by atoms with van der Waals surface area (Å²) >= 11 is 1.47. The molecule has 18 heavy (non-hydrogen) atoms. The summed E-state index contributed by atoms with van der Waals surface area (Å²) in [6.45, 7) is 6.25. The average Bonchev–Trinajstić information content (AvgIpc) is 2.90. The summed E-state index contributed by atoms with van der Waals surface area (Å²) in [6.07, 6.45) is 2.58. The first-order valence-electron chi connectivity index (χ1n) is 6.64. The Morgan fingerprint density at radius 1 is 1.22 bits per heavy atom. The summed E-state index contributed by atoms with van der Waals surface area (Å²) in [5.41, 5.74) is 1.26. The maximum absolute atomic E-state index is 11.5. The van der Waals surface area contributed by atoms with Crippen LogP contribution >= 0.6 is 11.8 Å². The Balaban J connectivity index is 2.16. The highest BCUT2D eigenvalue weighted by atomic mass is 32.2. The molecule has 0 amide bonds. The molecule has 0 aromatic heterocycles. The van der Waals surface area contributed by atoms with Gasteiger partial charge in [-0.05, 0) is 38.4 Å². The fourth-order valence-electron chi connectivity index (χ4n) is 2.61. The molecule has 98 valence electrons. The van der Waals surface area contributed by atoms with Gasteiger partial charge in [-0.2, -0.15) is 0 Å². The lowest BCUT2D eigenvalue weighted by Gasteiger charge is -2.31. The summed E-state index contributed by atoms with van der Waals surface area (Å²) in [7, 11) is 0. The number of hydrogen-bond acceptors (Lipinski definition) is 3. The quantitative estimate of drug-likeness (QED) is 0.829. The number of nitrogens with zero attached hydrogens (tertiary/aromatic N) is 1. The first kappa shape index (κ1) is 13.6. The van der Waals surface area contributed by atoms with Crippen LogP contribution < -0.4 is 0 Å². The molecule has 1 aliphatic rings. The SMILES string of the molecule is CC(=O)SC(c1ccccc1)C(C)N1CCCC1. The summed E-state index contributed by atoms with van der Waals surface area (Å²) in [6, 6.07) is 10.8. The van der Waals surface area contributed by atoms with Gasteiger partial charge in [0, 0.05) is 13.0 Å². The number of rotatable bonds is 4. The molecule has 1 aromatic rings. The number of thioether (sulfide) groups is 1. The minimum absolute atomic E-state index is 0.204. The van der Waals surface area contributed by atoms with Gasteiger partial charge in [-0.3, -0.25) is 9.69 Å². The third kappa shape index (κ3) is 3.36. The molecule has 0 N–H and O–H groups in total. The van der Waals surface area contributed by atoms with Crippen LogP contribution in [0.5, 0.6) is 0 Å². The van der Waals surface area contributed by atoms with Crippen molar-refractivity contribution in [3.63, 3.8) is 0 Å². The predicted molar refractivity (Wildman–Crippen MR) is 77.7 cm³/mol. The van der Waals surface area contributed by atoms with Crippen molar-refractivity contribution in [3.05, 3.63) is 35.9 Å². The van der Waals surface area contributed by atoms with Crippen molar-refractivity contribution < 1.29 is 4.79 Å². The summed E-state index contributed by atoms with van der Waals surface area (Å²) < 4.78 is 0. The molecular formula is C15H21NOS. The molecular weight excluding hydrogens is 242 g/mol. The zero-order valence-corrected chi connectivity index (χ0v) is 12.0. The van der Waals surface area contributed by atoms with E-state index in [0.717, 1.165) is 0 Å². The maximum atomic E-state index is 11.5. The van der Waals surface area contributed by atoms with Gasteiger partial charge in [0.1, 0.15) is 0 Å². The topological polar surface area (TPSA) is 20.3 Å². The highest BCUT2D eigenvalue weighted by Crippen LogP contribution is 2.36. The van der Waals surface area contributed by atoms with Crippen LogP contribution in [0.25, 0.3) is 0 Å². The minimum Gasteiger partial charge on any atom is -0.299 e. The average molecular weight is 263 g/mol. The second-order valence-electron chi connectivity index (χ2n) is 4.92. The van der Waals surface area contributed by atoms with Crippen molar-refractivity contribution in [2.24, 2.45) is 0 Å². The molecule has 1 heterocycles. The van der Waals surface area contributed by atoms with E-state index >= 15 is 0 Å². The molecule has 2 nitrogen and oxygen atoms in total. The Kier molecular flexibility index (Phi) is 4.84. The van der Waals surface area contributed by atoms with Crippen molar-refractivity contribution in [1.29, 1.82) is 0 Å². The van der Waals surface area contributed by atoms with Crippen LogP contribution in [0, 0.1) is 0 Å². The van der Waals surface area contributed by atoms with Crippen molar-refractivity contribution in [3.8, 4) is 0 Å². The lowest BCUT2D eigenvalue weighted by molar-refractivity contribution is -0.109. The van der Waals surface area contributed by atoms with E-state index in [0.29, 0.717) is 6.04 Å². The standard InChI is InChI=1S/C15H21NOS/c1-12(16-10-6-7-11-16)15(18-13(2)17)14-8-4-3-5-9-14/h3-5,8-9,12,15H,6-7,10-11H2,1-2H3. The molecule has 0 spiro atoms. The largest absolute Gasteiger partial charge is 0.299 e. The van der Waals surface area contributed by atoms with E-state index in [4.69, 9.17) is 0 Å². The van der Waals surface area contributed by atoms with Gasteiger partial charge in [0.15, 0.2) is 5.12 Å². The van der Waals surface area contributed by atoms with E-state index in [2.05, 4.69) is 36.1 Å². The van der Waals surface area contributed by atoms with Crippen LogP contribution in [0.3, 0.4) is 0 Å². The zero-order valence-electron chi connectivity index (χ0n) is 11.1. The van der Waals surface area contributed by atoms with Gasteiger partial charge in [-0.25, -0.2) is 0 Å². The van der Waals surface area contributed by atoms with Gasteiger partial charge in [0.05, 0.1) is 5.25 Å². The number of benzene rings is 1. The van der Waals surface area contributed by atoms with Gasteiger partial charge < -0.3 is 0 Å². The minimum atomic E-state index is 0.204. The van der Waals surface area contributed by atoms with Gasteiger partial charge >= 0.3 is 0 Å². The summed E-state index contributed by atoms with van der Waals surface area (Å²) in [5.74, 6) is 0. The van der Waals surface area contributed by atoms with Crippen molar-refractivity contribution >= 4 is 16.9 Å². The third-order valence-electron chi connectivity index (χ3n) is 3.58. The van der Waals surface area contributed by atoms with Crippen molar-refractivity contribution in [2.75, 3.05) is 13.1 Å². The van der Waals surface area contributed by atoms with Crippen LogP contribution in [0.1, 0.15) is 37.5 Å². The van der Waals surface area contributed by atoms with Crippen LogP contribution in [-0.4, -0.2) is 29.1 Å². The van der Waals surface area contributed by atoms with Crippen molar-refractivity contribution in [1.82, 2.24) is 4.90 Å². The number of carbonyl (C=O) groups is 1. The monoisotopic (exact) mass is 263 g/mol. The molecule has 1 aromatic carbocycles. The van der Waals surface area contributed by atoms with E-state index in [-0.39, 0.29) is 10.4 Å². The molecule has 0 radical (unpaired) electrons. The molecule has 0 saturated carbocycles. The lowest BCUT2D eigenvalue weighted by atomic mass is 10.1. The van der Waals surface area contributed by atoms with Gasteiger partial charge in [-0.15, -0.1) is 0 Å². The molecule has 1 fully saturated rings. The van der Waals surface area contributed by atoms with E-state index in [9.17, 15) is 4.79 Å². The Morgan fingerprint density at radius 2 is 1.83 bits per heavy atom. The van der Waals surface area contributed by atoms with E-state index in [1.807, 2.05) is 6.07 Å². The highest BCUT2D eigenvalue weighted by molar-refractivity contribution is 8.13. The molecule has 0 bridgehead atoms. The van der Waals surface area contributed by atoms with E-state index < -0.39 is 0 Å². The van der Waals surface area contributed by atoms with Crippen LogP contribution in [-0.2, 0) is 4.79 Å². The van der Waals surface area contributed by atoms with Gasteiger partial charge in [0.25, 0.3) is 0 Å². The maximum Gasteiger partial charge on any atom is 0.186 e. The highest BCUT2D eigenvalue weighted by Gasteiger charge is 2.28. The smallest absolute Gasteiger partial charge is 0.186 e. The van der Waals surface area contributed by atoms with E-state index in [1.54, 1.807) is 6.92 Å². The number of likely N-dealkylation sites (tertiary alicyclic amines) is 1. The molecule has 0 aliphatic carbocycles. The fraction of sp³-hybridized carbons (Fsp3) is 0.533. The fourth-order valence-corrected chi connectivity index (χ4v) is 3.63. The van der Waals surface area contributed by atoms with Gasteiger partial charge in [-0.1, -0.05) is 42.1 Å². The second kappa shape index (κ2) is 6.39. The lowest BCUT2D eigenvalue weighted by Crippen LogP contribution is -2.34. The molecule has 2 rings (SSSR count). The van der Waals surface area contributed by atoms with Crippen LogP contribution in [0.2, 0.25) is 0 Å². The molecule has 3 heteroatoms. The van der Waals surface area contributed by atoms with Crippen molar-refractivity contribution in [2.45, 2.75) is 38.0 Å². The Hall–Kier alpha value is -0.800. The first-order chi connectivity index (χ1) is 8.68. The normalized spacial score (nSPS) is 19.7. The second-order valence-corrected chi connectivity index (χ2v) is 6.24. The first-order valence-corrected chi connectivity index (χ1v) is 7.52. The molecule has 1 aliphatic heterocycles.